The van der Waals surface area contributed by atoms with Crippen molar-refractivity contribution < 1.29 is 4.39 Å². The second-order valence-electron chi connectivity index (χ2n) is 3.18. The van der Waals surface area contributed by atoms with Gasteiger partial charge in [0.2, 0.25) is 0 Å². The Kier molecular flexibility index (Phi) is 2.14. The van der Waals surface area contributed by atoms with E-state index in [0.29, 0.717) is 0 Å². The molecule has 0 spiro atoms. The maximum absolute atomic E-state index is 12.5. The Balaban J connectivity index is 3.07. The van der Waals surface area contributed by atoms with Gasteiger partial charge in [-0.1, -0.05) is 0 Å². The van der Waals surface area contributed by atoms with Crippen LogP contribution in [-0.4, -0.2) is 0 Å². The lowest BCUT2D eigenvalue weighted by Gasteiger charge is -2.10. The maximum atomic E-state index is 12.5. The average Bonchev–Trinajstić information content (AvgIpc) is 2.05. The van der Waals surface area contributed by atoms with E-state index < -0.39 is 5.54 Å². The lowest BCUT2D eigenvalue weighted by molar-refractivity contribution is 0.619. The van der Waals surface area contributed by atoms with Crippen LogP contribution in [0.4, 0.5) is 4.39 Å². The Morgan fingerprint density at radius 1 is 1.25 bits per heavy atom. The van der Waals surface area contributed by atoms with E-state index in [-0.39, 0.29) is 5.82 Å². The minimum atomic E-state index is -0.548. The van der Waals surface area contributed by atoms with Gasteiger partial charge in [-0.2, -0.15) is 0 Å². The number of nitrogens with zero attached hydrogens (tertiary/aromatic N) is 1. The molecule has 0 aromatic heterocycles. The normalized spacial score (nSPS) is 10.8. The van der Waals surface area contributed by atoms with Gasteiger partial charge in [-0.05, 0) is 24.3 Å². The molecule has 0 saturated heterocycles. The summed E-state index contributed by atoms with van der Waals surface area (Å²) < 4.78 is 12.5. The van der Waals surface area contributed by atoms with Crippen LogP contribution in [-0.2, 0) is 5.54 Å². The van der Waals surface area contributed by atoms with E-state index in [1.54, 1.807) is 12.1 Å². The Bertz CT molecular complexity index is 306. The third kappa shape index (κ3) is 1.62. The van der Waals surface area contributed by atoms with Gasteiger partial charge in [-0.3, -0.25) is 0 Å². The Hall–Kier alpha value is -1.36. The fourth-order valence-electron chi connectivity index (χ4n) is 0.922. The van der Waals surface area contributed by atoms with Crippen LogP contribution in [0.1, 0.15) is 19.4 Å². The SMILES string of the molecule is [C-]#[N+]C(C)(C)c1ccc(F)cc1. The summed E-state index contributed by atoms with van der Waals surface area (Å²) in [6.45, 7) is 10.6. The molecule has 62 valence electrons. The molecule has 0 aliphatic rings. The zero-order chi connectivity index (χ0) is 9.19. The summed E-state index contributed by atoms with van der Waals surface area (Å²) in [6, 6.07) is 6.05. The molecule has 12 heavy (non-hydrogen) atoms. The van der Waals surface area contributed by atoms with Gasteiger partial charge in [-0.25, -0.2) is 11.0 Å². The summed E-state index contributed by atoms with van der Waals surface area (Å²) >= 11 is 0. The molecule has 1 aromatic rings. The standard InChI is InChI=1S/C10H10FN/c1-10(2,12-3)8-4-6-9(11)7-5-8/h4-7H,1-2H3. The summed E-state index contributed by atoms with van der Waals surface area (Å²) in [5.74, 6) is -0.264. The Labute approximate surface area is 71.7 Å². The second-order valence-corrected chi connectivity index (χ2v) is 3.18. The van der Waals surface area contributed by atoms with Crippen molar-refractivity contribution >= 4 is 0 Å². The molecule has 0 fully saturated rings. The first-order chi connectivity index (χ1) is 5.56. The fraction of sp³-hybridized carbons (Fsp3) is 0.300. The van der Waals surface area contributed by atoms with Gasteiger partial charge in [0.1, 0.15) is 5.82 Å². The monoisotopic (exact) mass is 163 g/mol. The molecule has 2 heteroatoms. The van der Waals surface area contributed by atoms with E-state index in [9.17, 15) is 4.39 Å². The lowest BCUT2D eigenvalue weighted by atomic mass is 9.96. The van der Waals surface area contributed by atoms with Gasteiger partial charge in [0, 0.05) is 19.4 Å². The van der Waals surface area contributed by atoms with Gasteiger partial charge in [-0.15, -0.1) is 0 Å². The van der Waals surface area contributed by atoms with Crippen molar-refractivity contribution in [1.82, 2.24) is 0 Å². The number of rotatable bonds is 1. The predicted octanol–water partition coefficient (Wildman–Crippen LogP) is 2.98. The molecule has 0 unspecified atom stereocenters. The first kappa shape index (κ1) is 8.73. The molecule has 0 amide bonds. The van der Waals surface area contributed by atoms with Gasteiger partial charge < -0.3 is 4.85 Å². The molecule has 1 rings (SSSR count). The molecule has 0 radical (unpaired) electrons. The number of hydrogen-bond acceptors (Lipinski definition) is 0. The topological polar surface area (TPSA) is 4.36 Å². The van der Waals surface area contributed by atoms with E-state index >= 15 is 0 Å². The molecule has 0 saturated carbocycles. The van der Waals surface area contributed by atoms with Gasteiger partial charge in [0.25, 0.3) is 5.54 Å². The fourth-order valence-corrected chi connectivity index (χ4v) is 0.922. The number of hydrogen-bond donors (Lipinski definition) is 0. The first-order valence-corrected chi connectivity index (χ1v) is 3.71. The van der Waals surface area contributed by atoms with Crippen LogP contribution in [0.3, 0.4) is 0 Å². The van der Waals surface area contributed by atoms with Crippen molar-refractivity contribution in [2.24, 2.45) is 0 Å². The van der Waals surface area contributed by atoms with Gasteiger partial charge >= 0.3 is 0 Å². The average molecular weight is 163 g/mol. The predicted molar refractivity (Wildman–Crippen MR) is 46.0 cm³/mol. The van der Waals surface area contributed by atoms with Crippen LogP contribution in [0.2, 0.25) is 0 Å². The Morgan fingerprint density at radius 2 is 1.75 bits per heavy atom. The van der Waals surface area contributed by atoms with Crippen LogP contribution < -0.4 is 0 Å². The van der Waals surface area contributed by atoms with Crippen LogP contribution in [0.5, 0.6) is 0 Å². The molecule has 0 N–H and O–H groups in total. The van der Waals surface area contributed by atoms with E-state index in [4.69, 9.17) is 6.57 Å². The quantitative estimate of drug-likeness (QED) is 0.560. The summed E-state index contributed by atoms with van der Waals surface area (Å²) in [7, 11) is 0. The van der Waals surface area contributed by atoms with Crippen molar-refractivity contribution in [3.05, 3.63) is 47.1 Å². The van der Waals surface area contributed by atoms with Crippen LogP contribution in [0.25, 0.3) is 4.85 Å². The molecule has 0 heterocycles. The maximum Gasteiger partial charge on any atom is 0.252 e. The van der Waals surface area contributed by atoms with Crippen LogP contribution in [0, 0.1) is 12.4 Å². The first-order valence-electron chi connectivity index (χ1n) is 3.71. The largest absolute Gasteiger partial charge is 0.306 e. The minimum Gasteiger partial charge on any atom is -0.306 e. The Morgan fingerprint density at radius 3 is 2.17 bits per heavy atom. The van der Waals surface area contributed by atoms with Gasteiger partial charge in [0.15, 0.2) is 0 Å². The molecule has 0 atom stereocenters. The summed E-state index contributed by atoms with van der Waals surface area (Å²) in [5, 5.41) is 0. The highest BCUT2D eigenvalue weighted by molar-refractivity contribution is 5.26. The highest BCUT2D eigenvalue weighted by Crippen LogP contribution is 2.24. The van der Waals surface area contributed by atoms with E-state index in [0.717, 1.165) is 5.56 Å². The second kappa shape index (κ2) is 2.94. The zero-order valence-corrected chi connectivity index (χ0v) is 7.13. The number of halogens is 1. The molecule has 0 aliphatic heterocycles. The summed E-state index contributed by atoms with van der Waals surface area (Å²) in [4.78, 5) is 3.45. The van der Waals surface area contributed by atoms with E-state index in [1.165, 1.54) is 12.1 Å². The minimum absolute atomic E-state index is 0.264. The highest BCUT2D eigenvalue weighted by Gasteiger charge is 2.25. The third-order valence-electron chi connectivity index (χ3n) is 1.83. The third-order valence-corrected chi connectivity index (χ3v) is 1.83. The van der Waals surface area contributed by atoms with Gasteiger partial charge in [0.05, 0.1) is 0 Å². The highest BCUT2D eigenvalue weighted by atomic mass is 19.1. The van der Waals surface area contributed by atoms with Crippen molar-refractivity contribution in [3.63, 3.8) is 0 Å². The molecule has 0 bridgehead atoms. The molecule has 1 aromatic carbocycles. The van der Waals surface area contributed by atoms with Crippen molar-refractivity contribution in [2.45, 2.75) is 19.4 Å². The summed E-state index contributed by atoms with van der Waals surface area (Å²) in [5.41, 5.74) is 0.298. The van der Waals surface area contributed by atoms with Crippen molar-refractivity contribution in [2.75, 3.05) is 0 Å². The van der Waals surface area contributed by atoms with E-state index in [1.807, 2.05) is 13.8 Å². The van der Waals surface area contributed by atoms with Crippen LogP contribution >= 0.6 is 0 Å². The number of benzene rings is 1. The van der Waals surface area contributed by atoms with Crippen LogP contribution in [0.15, 0.2) is 24.3 Å². The molecular weight excluding hydrogens is 153 g/mol. The van der Waals surface area contributed by atoms with Crippen molar-refractivity contribution in [3.8, 4) is 0 Å². The lowest BCUT2D eigenvalue weighted by Crippen LogP contribution is -2.10. The zero-order valence-electron chi connectivity index (χ0n) is 7.13. The summed E-state index contributed by atoms with van der Waals surface area (Å²) in [6.07, 6.45) is 0. The van der Waals surface area contributed by atoms with E-state index in [2.05, 4.69) is 4.85 Å². The smallest absolute Gasteiger partial charge is 0.252 e. The van der Waals surface area contributed by atoms with Crippen molar-refractivity contribution in [1.29, 1.82) is 0 Å². The molecule has 1 nitrogen and oxygen atoms in total. The molecular formula is C10H10FN. The molecule has 0 aliphatic carbocycles.